The van der Waals surface area contributed by atoms with E-state index in [4.69, 9.17) is 9.47 Å². The van der Waals surface area contributed by atoms with Gasteiger partial charge in [0.1, 0.15) is 5.60 Å². The summed E-state index contributed by atoms with van der Waals surface area (Å²) >= 11 is 0. The molecule has 5 nitrogen and oxygen atoms in total. The monoisotopic (exact) mass is 296 g/mol. The minimum atomic E-state index is -0.427. The van der Waals surface area contributed by atoms with Gasteiger partial charge in [-0.15, -0.1) is 0 Å². The van der Waals surface area contributed by atoms with Crippen LogP contribution in [0.3, 0.4) is 0 Å². The molecule has 2 aliphatic heterocycles. The van der Waals surface area contributed by atoms with Gasteiger partial charge in [-0.25, -0.2) is 4.79 Å². The van der Waals surface area contributed by atoms with Crippen molar-refractivity contribution < 1.29 is 14.3 Å². The van der Waals surface area contributed by atoms with Crippen LogP contribution < -0.4 is 5.32 Å². The Kier molecular flexibility index (Phi) is 5.65. The molecule has 0 aromatic carbocycles. The molecule has 2 rings (SSSR count). The van der Waals surface area contributed by atoms with E-state index in [1.807, 2.05) is 20.8 Å². The fourth-order valence-electron chi connectivity index (χ4n) is 2.54. The third-order valence-electron chi connectivity index (χ3n) is 3.73. The van der Waals surface area contributed by atoms with Crippen molar-refractivity contribution >= 4 is 6.09 Å². The van der Waals surface area contributed by atoms with E-state index in [1.165, 1.54) is 12.0 Å². The van der Waals surface area contributed by atoms with Crippen LogP contribution in [0.2, 0.25) is 0 Å². The zero-order valence-electron chi connectivity index (χ0n) is 13.5. The van der Waals surface area contributed by atoms with Crippen molar-refractivity contribution in [3.63, 3.8) is 0 Å². The first-order valence-corrected chi connectivity index (χ1v) is 7.91. The van der Waals surface area contributed by atoms with Gasteiger partial charge >= 0.3 is 6.09 Å². The largest absolute Gasteiger partial charge is 0.444 e. The number of amides is 1. The van der Waals surface area contributed by atoms with Crippen LogP contribution in [0.5, 0.6) is 0 Å². The van der Waals surface area contributed by atoms with Gasteiger partial charge in [0.05, 0.1) is 6.61 Å². The molecule has 1 unspecified atom stereocenters. The first kappa shape index (κ1) is 16.3. The summed E-state index contributed by atoms with van der Waals surface area (Å²) in [6, 6.07) is 0.475. The number of hydrogen-bond acceptors (Lipinski definition) is 4. The molecule has 1 atom stereocenters. The Morgan fingerprint density at radius 3 is 2.90 bits per heavy atom. The fourth-order valence-corrected chi connectivity index (χ4v) is 2.54. The van der Waals surface area contributed by atoms with E-state index in [2.05, 4.69) is 11.4 Å². The molecule has 1 fully saturated rings. The minimum Gasteiger partial charge on any atom is -0.444 e. The zero-order chi connectivity index (χ0) is 15.3. The van der Waals surface area contributed by atoms with E-state index in [0.717, 1.165) is 39.1 Å². The molecular formula is C16H28N2O3. The summed E-state index contributed by atoms with van der Waals surface area (Å²) in [6.07, 6.45) is 5.18. The molecule has 120 valence electrons. The molecule has 2 heterocycles. The third-order valence-corrected chi connectivity index (χ3v) is 3.73. The summed E-state index contributed by atoms with van der Waals surface area (Å²) in [4.78, 5) is 13.7. The topological polar surface area (TPSA) is 50.8 Å². The van der Waals surface area contributed by atoms with Crippen LogP contribution in [0, 0.1) is 0 Å². The molecule has 0 aromatic heterocycles. The van der Waals surface area contributed by atoms with E-state index >= 15 is 0 Å². The van der Waals surface area contributed by atoms with Crippen LogP contribution in [-0.2, 0) is 9.47 Å². The molecule has 0 aliphatic carbocycles. The highest BCUT2D eigenvalue weighted by Crippen LogP contribution is 2.15. The quantitative estimate of drug-likeness (QED) is 0.812. The summed E-state index contributed by atoms with van der Waals surface area (Å²) in [7, 11) is 0. The van der Waals surface area contributed by atoms with Crippen LogP contribution in [0.25, 0.3) is 0 Å². The lowest BCUT2D eigenvalue weighted by atomic mass is 10.1. The van der Waals surface area contributed by atoms with Gasteiger partial charge in [-0.2, -0.15) is 0 Å². The summed E-state index contributed by atoms with van der Waals surface area (Å²) in [5.74, 6) is 0. The van der Waals surface area contributed by atoms with Crippen LogP contribution in [-0.4, -0.2) is 55.5 Å². The smallest absolute Gasteiger partial charge is 0.410 e. The van der Waals surface area contributed by atoms with Crippen molar-refractivity contribution in [2.24, 2.45) is 0 Å². The van der Waals surface area contributed by atoms with Gasteiger partial charge in [0.25, 0.3) is 0 Å². The van der Waals surface area contributed by atoms with Gasteiger partial charge in [0, 0.05) is 32.3 Å². The van der Waals surface area contributed by atoms with Gasteiger partial charge in [-0.1, -0.05) is 11.6 Å². The van der Waals surface area contributed by atoms with E-state index in [-0.39, 0.29) is 6.09 Å². The number of carbonyl (C=O) groups excluding carboxylic acids is 1. The SMILES string of the molecule is CC(C)(C)OC(=O)N1CC=C(CNC2CCCOC2)CC1. The van der Waals surface area contributed by atoms with Crippen LogP contribution in [0.15, 0.2) is 11.6 Å². The van der Waals surface area contributed by atoms with Crippen LogP contribution in [0.4, 0.5) is 4.79 Å². The maximum Gasteiger partial charge on any atom is 0.410 e. The molecule has 21 heavy (non-hydrogen) atoms. The van der Waals surface area contributed by atoms with Gasteiger partial charge < -0.3 is 19.7 Å². The molecule has 1 saturated heterocycles. The number of nitrogens with one attached hydrogen (secondary N) is 1. The summed E-state index contributed by atoms with van der Waals surface area (Å²) < 4.78 is 10.9. The summed E-state index contributed by atoms with van der Waals surface area (Å²) in [6.45, 7) is 9.68. The molecule has 0 bridgehead atoms. The van der Waals surface area contributed by atoms with Crippen molar-refractivity contribution in [1.82, 2.24) is 10.2 Å². The minimum absolute atomic E-state index is 0.216. The number of rotatable bonds is 3. The van der Waals surface area contributed by atoms with Crippen molar-refractivity contribution in [2.45, 2.75) is 51.7 Å². The second kappa shape index (κ2) is 7.27. The number of nitrogens with zero attached hydrogens (tertiary/aromatic N) is 1. The molecule has 5 heteroatoms. The molecule has 0 saturated carbocycles. The highest BCUT2D eigenvalue weighted by atomic mass is 16.6. The molecule has 0 aromatic rings. The van der Waals surface area contributed by atoms with E-state index < -0.39 is 5.60 Å². The predicted molar refractivity (Wildman–Crippen MR) is 82.4 cm³/mol. The normalized spacial score (nSPS) is 23.7. The van der Waals surface area contributed by atoms with E-state index in [1.54, 1.807) is 4.90 Å². The molecule has 1 amide bonds. The van der Waals surface area contributed by atoms with Crippen molar-refractivity contribution in [3.05, 3.63) is 11.6 Å². The second-order valence-corrected chi connectivity index (χ2v) is 6.83. The first-order valence-electron chi connectivity index (χ1n) is 7.91. The van der Waals surface area contributed by atoms with Gasteiger partial charge in [0.2, 0.25) is 0 Å². The average molecular weight is 296 g/mol. The Hall–Kier alpha value is -1.07. The zero-order valence-corrected chi connectivity index (χ0v) is 13.5. The Bertz CT molecular complexity index is 381. The first-order chi connectivity index (χ1) is 9.94. The van der Waals surface area contributed by atoms with Crippen molar-refractivity contribution in [1.29, 1.82) is 0 Å². The standard InChI is InChI=1S/C16H28N2O3/c1-16(2,3)21-15(19)18-8-6-13(7-9-18)11-17-14-5-4-10-20-12-14/h6,14,17H,4-5,7-12H2,1-3H3. The highest BCUT2D eigenvalue weighted by molar-refractivity contribution is 5.68. The molecular weight excluding hydrogens is 268 g/mol. The molecule has 0 radical (unpaired) electrons. The second-order valence-electron chi connectivity index (χ2n) is 6.83. The molecule has 1 N–H and O–H groups in total. The van der Waals surface area contributed by atoms with Gasteiger partial charge in [-0.3, -0.25) is 0 Å². The average Bonchev–Trinajstić information content (AvgIpc) is 2.45. The number of carbonyl (C=O) groups is 1. The van der Waals surface area contributed by atoms with Crippen molar-refractivity contribution in [3.8, 4) is 0 Å². The number of hydrogen-bond donors (Lipinski definition) is 1. The van der Waals surface area contributed by atoms with Crippen LogP contribution >= 0.6 is 0 Å². The Labute approximate surface area is 127 Å². The maximum absolute atomic E-state index is 12.0. The Morgan fingerprint density at radius 2 is 2.33 bits per heavy atom. The number of ether oxygens (including phenoxy) is 2. The van der Waals surface area contributed by atoms with Gasteiger partial charge in [0.15, 0.2) is 0 Å². The third kappa shape index (κ3) is 5.67. The Balaban J connectivity index is 1.72. The lowest BCUT2D eigenvalue weighted by Crippen LogP contribution is -2.41. The summed E-state index contributed by atoms with van der Waals surface area (Å²) in [5, 5.41) is 3.55. The fraction of sp³-hybridized carbons (Fsp3) is 0.812. The Morgan fingerprint density at radius 1 is 1.52 bits per heavy atom. The molecule has 0 spiro atoms. The van der Waals surface area contributed by atoms with Crippen LogP contribution in [0.1, 0.15) is 40.0 Å². The lowest BCUT2D eigenvalue weighted by Gasteiger charge is -2.30. The molecule has 2 aliphatic rings. The predicted octanol–water partition coefficient (Wildman–Crippen LogP) is 2.32. The van der Waals surface area contributed by atoms with Gasteiger partial charge in [-0.05, 0) is 40.0 Å². The van der Waals surface area contributed by atoms with E-state index in [9.17, 15) is 4.79 Å². The highest BCUT2D eigenvalue weighted by Gasteiger charge is 2.23. The van der Waals surface area contributed by atoms with Crippen molar-refractivity contribution in [2.75, 3.05) is 32.8 Å². The summed E-state index contributed by atoms with van der Waals surface area (Å²) in [5.41, 5.74) is 0.948. The lowest BCUT2D eigenvalue weighted by molar-refractivity contribution is 0.0265. The maximum atomic E-state index is 12.0. The van der Waals surface area contributed by atoms with E-state index in [0.29, 0.717) is 12.6 Å².